The van der Waals surface area contributed by atoms with Crippen LogP contribution in [-0.2, 0) is 9.59 Å². The molecule has 0 aromatic heterocycles. The summed E-state index contributed by atoms with van der Waals surface area (Å²) in [5.41, 5.74) is 0. The van der Waals surface area contributed by atoms with Crippen molar-refractivity contribution < 1.29 is 14.7 Å². The fraction of sp³-hybridized carbons (Fsp3) is 0.931. The molecule has 0 aromatic carbocycles. The number of amides is 1. The first-order valence-electron chi connectivity index (χ1n) is 14.6. The lowest BCUT2D eigenvalue weighted by Crippen LogP contribution is -2.41. The minimum Gasteiger partial charge on any atom is -0.480 e. The molecule has 0 aliphatic carbocycles. The Labute approximate surface area is 216 Å². The number of carboxylic acid groups (broad SMARTS) is 1. The fourth-order valence-electron chi connectivity index (χ4n) is 4.48. The maximum atomic E-state index is 11.9. The number of carbonyl (C=O) groups is 2. The third-order valence-electron chi connectivity index (χ3n) is 6.75. The highest BCUT2D eigenvalue weighted by atomic mass is 32.2. The van der Waals surface area contributed by atoms with Crippen molar-refractivity contribution in [1.82, 2.24) is 5.32 Å². The second kappa shape index (κ2) is 26.9. The summed E-state index contributed by atoms with van der Waals surface area (Å²) in [5.74, 6) is -0.302. The van der Waals surface area contributed by atoms with Crippen LogP contribution in [0.3, 0.4) is 0 Å². The SMILES string of the molecule is CCCCCCCCCCCCCCCCCCCCCCCC(=O)N[C@@H](CCSC)C(=O)O. The molecule has 2 N–H and O–H groups in total. The van der Waals surface area contributed by atoms with Crippen LogP contribution in [0.5, 0.6) is 0 Å². The van der Waals surface area contributed by atoms with Gasteiger partial charge in [-0.1, -0.05) is 135 Å². The molecule has 0 rings (SSSR count). The molecule has 1 amide bonds. The topological polar surface area (TPSA) is 66.4 Å². The minimum atomic E-state index is -0.929. The summed E-state index contributed by atoms with van der Waals surface area (Å²) >= 11 is 1.60. The van der Waals surface area contributed by atoms with Crippen LogP contribution in [0.1, 0.15) is 155 Å². The number of hydrogen-bond donors (Lipinski definition) is 2. The van der Waals surface area contributed by atoms with E-state index in [-0.39, 0.29) is 5.91 Å². The number of nitrogens with one attached hydrogen (secondary N) is 1. The summed E-state index contributed by atoms with van der Waals surface area (Å²) in [5, 5.41) is 11.8. The number of hydrogen-bond acceptors (Lipinski definition) is 3. The molecule has 0 saturated heterocycles. The van der Waals surface area contributed by atoms with Crippen LogP contribution in [0.2, 0.25) is 0 Å². The molecule has 4 nitrogen and oxygen atoms in total. The number of rotatable bonds is 27. The normalized spacial score (nSPS) is 12.1. The molecule has 0 radical (unpaired) electrons. The molecule has 0 bridgehead atoms. The summed E-state index contributed by atoms with van der Waals surface area (Å²) in [7, 11) is 0. The first-order valence-corrected chi connectivity index (χ1v) is 16.0. The molecule has 0 heterocycles. The van der Waals surface area contributed by atoms with Gasteiger partial charge in [0.1, 0.15) is 6.04 Å². The Morgan fingerprint density at radius 1 is 0.647 bits per heavy atom. The second-order valence-corrected chi connectivity index (χ2v) is 11.0. The summed E-state index contributed by atoms with van der Waals surface area (Å²) in [4.78, 5) is 23.1. The van der Waals surface area contributed by atoms with E-state index in [9.17, 15) is 14.7 Å². The van der Waals surface area contributed by atoms with Gasteiger partial charge in [0.05, 0.1) is 0 Å². The molecule has 202 valence electrons. The van der Waals surface area contributed by atoms with Crippen molar-refractivity contribution in [2.75, 3.05) is 12.0 Å². The molecule has 1 atom stereocenters. The predicted molar refractivity (Wildman–Crippen MR) is 150 cm³/mol. The number of unbranched alkanes of at least 4 members (excludes halogenated alkanes) is 20. The van der Waals surface area contributed by atoms with Crippen molar-refractivity contribution in [3.63, 3.8) is 0 Å². The largest absolute Gasteiger partial charge is 0.480 e. The lowest BCUT2D eigenvalue weighted by atomic mass is 10.0. The molecule has 0 aromatic rings. The molecule has 0 spiro atoms. The van der Waals surface area contributed by atoms with Gasteiger partial charge >= 0.3 is 5.97 Å². The molecule has 5 heteroatoms. The Morgan fingerprint density at radius 2 is 1.00 bits per heavy atom. The van der Waals surface area contributed by atoms with Crippen LogP contribution < -0.4 is 5.32 Å². The molecular weight excluding hydrogens is 442 g/mol. The molecule has 0 aliphatic rings. The van der Waals surface area contributed by atoms with E-state index in [2.05, 4.69) is 12.2 Å². The maximum Gasteiger partial charge on any atom is 0.326 e. The van der Waals surface area contributed by atoms with E-state index in [0.29, 0.717) is 12.8 Å². The number of carbonyl (C=O) groups excluding carboxylic acids is 1. The summed E-state index contributed by atoms with van der Waals surface area (Å²) in [6.07, 6.45) is 31.2. The Morgan fingerprint density at radius 3 is 1.32 bits per heavy atom. The first-order chi connectivity index (χ1) is 16.6. The standard InChI is InChI=1S/C29H57NO3S/c1-3-4-5-6-7-8-9-10-11-12-13-14-15-16-17-18-19-20-21-22-23-24-28(31)30-27(29(32)33)25-26-34-2/h27H,3-26H2,1-2H3,(H,30,31)(H,32,33)/t27-/m0/s1. The van der Waals surface area contributed by atoms with Gasteiger partial charge in [-0.15, -0.1) is 0 Å². The third-order valence-corrected chi connectivity index (χ3v) is 7.40. The predicted octanol–water partition coefficient (Wildman–Crippen LogP) is 8.91. The summed E-state index contributed by atoms with van der Waals surface area (Å²) in [6, 6.07) is -0.741. The van der Waals surface area contributed by atoms with Crippen molar-refractivity contribution in [3.05, 3.63) is 0 Å². The second-order valence-electron chi connectivity index (χ2n) is 10.1. The first kappa shape index (κ1) is 33.3. The van der Waals surface area contributed by atoms with E-state index in [0.717, 1.165) is 18.6 Å². The average Bonchev–Trinajstić information content (AvgIpc) is 2.82. The van der Waals surface area contributed by atoms with Gasteiger partial charge in [0.15, 0.2) is 0 Å². The fourth-order valence-corrected chi connectivity index (χ4v) is 4.95. The Balaban J connectivity index is 3.28. The van der Waals surface area contributed by atoms with Crippen LogP contribution in [0.15, 0.2) is 0 Å². The highest BCUT2D eigenvalue weighted by Gasteiger charge is 2.18. The van der Waals surface area contributed by atoms with Crippen LogP contribution in [0, 0.1) is 0 Å². The highest BCUT2D eigenvalue weighted by Crippen LogP contribution is 2.15. The van der Waals surface area contributed by atoms with E-state index in [1.807, 2.05) is 6.26 Å². The van der Waals surface area contributed by atoms with Gasteiger partial charge in [-0.2, -0.15) is 11.8 Å². The van der Waals surface area contributed by atoms with Gasteiger partial charge in [0.2, 0.25) is 5.91 Å². The molecule has 0 unspecified atom stereocenters. The van der Waals surface area contributed by atoms with Crippen LogP contribution >= 0.6 is 11.8 Å². The Bertz CT molecular complexity index is 459. The average molecular weight is 500 g/mol. The van der Waals surface area contributed by atoms with Gasteiger partial charge in [-0.05, 0) is 24.9 Å². The van der Waals surface area contributed by atoms with Crippen LogP contribution in [0.4, 0.5) is 0 Å². The van der Waals surface area contributed by atoms with E-state index in [1.165, 1.54) is 122 Å². The van der Waals surface area contributed by atoms with Crippen molar-refractivity contribution in [2.24, 2.45) is 0 Å². The maximum absolute atomic E-state index is 11.9. The van der Waals surface area contributed by atoms with Gasteiger partial charge in [0.25, 0.3) is 0 Å². The Kier molecular flexibility index (Phi) is 26.3. The zero-order valence-corrected chi connectivity index (χ0v) is 23.5. The van der Waals surface area contributed by atoms with Crippen molar-refractivity contribution in [3.8, 4) is 0 Å². The quantitative estimate of drug-likeness (QED) is 0.111. The van der Waals surface area contributed by atoms with E-state index >= 15 is 0 Å². The molecular formula is C29H57NO3S. The Hall–Kier alpha value is -0.710. The number of aliphatic carboxylic acids is 1. The van der Waals surface area contributed by atoms with E-state index in [4.69, 9.17) is 0 Å². The molecule has 0 saturated carbocycles. The lowest BCUT2D eigenvalue weighted by molar-refractivity contribution is -0.141. The molecule has 34 heavy (non-hydrogen) atoms. The monoisotopic (exact) mass is 499 g/mol. The van der Waals surface area contributed by atoms with E-state index < -0.39 is 12.0 Å². The third kappa shape index (κ3) is 24.4. The molecule has 0 aliphatic heterocycles. The molecule has 0 fully saturated rings. The van der Waals surface area contributed by atoms with Crippen molar-refractivity contribution in [2.45, 2.75) is 161 Å². The number of thioether (sulfide) groups is 1. The smallest absolute Gasteiger partial charge is 0.326 e. The number of carboxylic acids is 1. The minimum absolute atomic E-state index is 0.119. The van der Waals surface area contributed by atoms with Crippen LogP contribution in [-0.4, -0.2) is 35.0 Å². The summed E-state index contributed by atoms with van der Waals surface area (Å²) < 4.78 is 0. The van der Waals surface area contributed by atoms with Gasteiger partial charge in [0, 0.05) is 6.42 Å². The van der Waals surface area contributed by atoms with Gasteiger partial charge in [-0.3, -0.25) is 4.79 Å². The van der Waals surface area contributed by atoms with Gasteiger partial charge < -0.3 is 10.4 Å². The summed E-state index contributed by atoms with van der Waals surface area (Å²) in [6.45, 7) is 2.28. The van der Waals surface area contributed by atoms with Crippen LogP contribution in [0.25, 0.3) is 0 Å². The zero-order valence-electron chi connectivity index (χ0n) is 22.7. The van der Waals surface area contributed by atoms with Crippen molar-refractivity contribution in [1.29, 1.82) is 0 Å². The van der Waals surface area contributed by atoms with E-state index in [1.54, 1.807) is 11.8 Å². The van der Waals surface area contributed by atoms with Gasteiger partial charge in [-0.25, -0.2) is 4.79 Å². The highest BCUT2D eigenvalue weighted by molar-refractivity contribution is 7.98. The zero-order chi connectivity index (χ0) is 25.1. The lowest BCUT2D eigenvalue weighted by Gasteiger charge is -2.13. The van der Waals surface area contributed by atoms with Crippen molar-refractivity contribution >= 4 is 23.6 Å².